The van der Waals surface area contributed by atoms with Gasteiger partial charge < -0.3 is 11.1 Å². The van der Waals surface area contributed by atoms with Gasteiger partial charge in [-0.25, -0.2) is 9.38 Å². The third-order valence-electron chi connectivity index (χ3n) is 3.44. The Kier molecular flexibility index (Phi) is 4.45. The van der Waals surface area contributed by atoms with E-state index < -0.39 is 0 Å². The van der Waals surface area contributed by atoms with Crippen LogP contribution in [0.4, 0.5) is 4.39 Å². The number of benzene rings is 1. The van der Waals surface area contributed by atoms with E-state index in [0.717, 1.165) is 18.4 Å². The minimum atomic E-state index is -0.224. The van der Waals surface area contributed by atoms with Crippen LogP contribution < -0.4 is 11.1 Å². The van der Waals surface area contributed by atoms with Gasteiger partial charge in [0, 0.05) is 12.0 Å². The zero-order valence-electron chi connectivity index (χ0n) is 11.2. The number of nitrogens with two attached hydrogens (primary N) is 1. The van der Waals surface area contributed by atoms with Crippen LogP contribution in [0.25, 0.3) is 0 Å². The number of hydrogen-bond donors (Lipinski definition) is 2. The van der Waals surface area contributed by atoms with Crippen LogP contribution in [0.2, 0.25) is 0 Å². The molecule has 0 bridgehead atoms. The van der Waals surface area contributed by atoms with Crippen LogP contribution in [0.15, 0.2) is 27.7 Å². The molecule has 1 fully saturated rings. The van der Waals surface area contributed by atoms with Gasteiger partial charge in [0.1, 0.15) is 5.82 Å². The molecule has 1 saturated carbocycles. The number of nitrogens with one attached hydrogen (secondary N) is 1. The molecule has 1 aliphatic carbocycles. The van der Waals surface area contributed by atoms with E-state index in [-0.39, 0.29) is 11.9 Å². The Labute approximate surface area is 121 Å². The molecule has 0 aromatic heterocycles. The molecular formula is C14H19BrFN3. The van der Waals surface area contributed by atoms with E-state index in [2.05, 4.69) is 40.1 Å². The van der Waals surface area contributed by atoms with E-state index in [4.69, 9.17) is 5.73 Å². The van der Waals surface area contributed by atoms with Crippen molar-refractivity contribution in [3.63, 3.8) is 0 Å². The van der Waals surface area contributed by atoms with Crippen molar-refractivity contribution >= 4 is 21.9 Å². The summed E-state index contributed by atoms with van der Waals surface area (Å²) in [5, 5.41) is 3.14. The van der Waals surface area contributed by atoms with Crippen LogP contribution in [-0.2, 0) is 0 Å². The van der Waals surface area contributed by atoms with Gasteiger partial charge in [0.25, 0.3) is 0 Å². The summed E-state index contributed by atoms with van der Waals surface area (Å²) in [6.45, 7) is 4.16. The van der Waals surface area contributed by atoms with Crippen LogP contribution in [0, 0.1) is 5.82 Å². The van der Waals surface area contributed by atoms with Gasteiger partial charge in [-0.05, 0) is 53.4 Å². The Morgan fingerprint density at radius 3 is 3.00 bits per heavy atom. The maximum Gasteiger partial charge on any atom is 0.189 e. The van der Waals surface area contributed by atoms with Crippen molar-refractivity contribution < 1.29 is 4.39 Å². The molecule has 0 spiro atoms. The molecule has 0 aliphatic heterocycles. The molecule has 1 unspecified atom stereocenters. The number of rotatable bonds is 4. The molecule has 0 amide bonds. The first kappa shape index (κ1) is 14.3. The van der Waals surface area contributed by atoms with Gasteiger partial charge in [0.05, 0.1) is 10.5 Å². The van der Waals surface area contributed by atoms with Gasteiger partial charge in [-0.3, -0.25) is 0 Å². The lowest BCUT2D eigenvalue weighted by atomic mass is 10.1. The normalized spacial score (nSPS) is 24.1. The zero-order valence-corrected chi connectivity index (χ0v) is 12.7. The van der Waals surface area contributed by atoms with Crippen LogP contribution in [0.5, 0.6) is 0 Å². The molecule has 0 radical (unpaired) electrons. The summed E-state index contributed by atoms with van der Waals surface area (Å²) in [5.74, 6) is 0.553. The quantitative estimate of drug-likeness (QED) is 0.659. The van der Waals surface area contributed by atoms with Crippen molar-refractivity contribution in [2.75, 3.05) is 0 Å². The highest BCUT2D eigenvalue weighted by Gasteiger charge is 2.38. The lowest BCUT2D eigenvalue weighted by Gasteiger charge is -2.11. The topological polar surface area (TPSA) is 50.4 Å². The molecule has 1 aromatic carbocycles. The van der Waals surface area contributed by atoms with Crippen molar-refractivity contribution in [1.29, 1.82) is 0 Å². The fraction of sp³-hybridized carbons (Fsp3) is 0.500. The molecule has 0 heterocycles. The molecular weight excluding hydrogens is 309 g/mol. The summed E-state index contributed by atoms with van der Waals surface area (Å²) in [6, 6.07) is 5.75. The highest BCUT2D eigenvalue weighted by atomic mass is 79.9. The van der Waals surface area contributed by atoms with E-state index in [1.54, 1.807) is 12.1 Å². The Morgan fingerprint density at radius 2 is 2.37 bits per heavy atom. The predicted octanol–water partition coefficient (Wildman–Crippen LogP) is 3.15. The molecule has 104 valence electrons. The molecule has 2 rings (SSSR count). The van der Waals surface area contributed by atoms with Crippen LogP contribution in [0.3, 0.4) is 0 Å². The molecule has 0 saturated heterocycles. The highest BCUT2D eigenvalue weighted by Crippen LogP contribution is 2.44. The summed E-state index contributed by atoms with van der Waals surface area (Å²) in [4.78, 5) is 4.44. The van der Waals surface area contributed by atoms with E-state index in [0.29, 0.717) is 22.4 Å². The Hall–Kier alpha value is -1.10. The number of aliphatic imine (C=N–C) groups is 1. The van der Waals surface area contributed by atoms with E-state index in [9.17, 15) is 4.39 Å². The van der Waals surface area contributed by atoms with Crippen LogP contribution in [-0.4, -0.2) is 18.0 Å². The second kappa shape index (κ2) is 5.90. The first-order chi connectivity index (χ1) is 9.01. The smallest absolute Gasteiger partial charge is 0.189 e. The first-order valence-electron chi connectivity index (χ1n) is 6.56. The second-order valence-corrected chi connectivity index (χ2v) is 5.91. The Bertz CT molecular complexity index is 490. The molecule has 3 N–H and O–H groups in total. The van der Waals surface area contributed by atoms with Crippen molar-refractivity contribution in [2.24, 2.45) is 10.7 Å². The molecule has 19 heavy (non-hydrogen) atoms. The Balaban J connectivity index is 1.97. The molecule has 1 aliphatic rings. The van der Waals surface area contributed by atoms with Gasteiger partial charge in [0.15, 0.2) is 5.96 Å². The minimum Gasteiger partial charge on any atom is -0.370 e. The molecule has 5 heteroatoms. The summed E-state index contributed by atoms with van der Waals surface area (Å²) in [7, 11) is 0. The standard InChI is InChI=1S/C14H19BrFN3/c1-3-8(2)18-14(17)19-13-7-10(13)9-4-5-11(15)12(16)6-9/h4-6,8,10,13H,3,7H2,1-2H3,(H3,17,18,19)/t8?,10-,13+/m0/s1. The van der Waals surface area contributed by atoms with Crippen molar-refractivity contribution in [3.8, 4) is 0 Å². The van der Waals surface area contributed by atoms with Crippen molar-refractivity contribution in [1.82, 2.24) is 5.32 Å². The zero-order chi connectivity index (χ0) is 14.0. The lowest BCUT2D eigenvalue weighted by Crippen LogP contribution is -2.38. The maximum atomic E-state index is 13.5. The van der Waals surface area contributed by atoms with Gasteiger partial charge in [-0.2, -0.15) is 0 Å². The Morgan fingerprint density at radius 1 is 1.63 bits per heavy atom. The van der Waals surface area contributed by atoms with E-state index >= 15 is 0 Å². The SMILES string of the molecule is CCC(C)NC(N)=N[C@@H]1C[C@H]1c1ccc(Br)c(F)c1. The van der Waals surface area contributed by atoms with Crippen molar-refractivity contribution in [2.45, 2.75) is 44.7 Å². The number of halogens is 2. The number of nitrogens with zero attached hydrogens (tertiary/aromatic N) is 1. The maximum absolute atomic E-state index is 13.5. The fourth-order valence-corrected chi connectivity index (χ4v) is 2.24. The van der Waals surface area contributed by atoms with E-state index in [1.165, 1.54) is 0 Å². The molecule has 3 nitrogen and oxygen atoms in total. The van der Waals surface area contributed by atoms with Crippen molar-refractivity contribution in [3.05, 3.63) is 34.1 Å². The summed E-state index contributed by atoms with van der Waals surface area (Å²) in [5.41, 5.74) is 6.83. The first-order valence-corrected chi connectivity index (χ1v) is 7.35. The van der Waals surface area contributed by atoms with Gasteiger partial charge in [-0.15, -0.1) is 0 Å². The summed E-state index contributed by atoms with van der Waals surface area (Å²) < 4.78 is 14.0. The lowest BCUT2D eigenvalue weighted by molar-refractivity contribution is 0.618. The predicted molar refractivity (Wildman–Crippen MR) is 79.8 cm³/mol. The molecule has 1 aromatic rings. The summed E-state index contributed by atoms with van der Waals surface area (Å²) in [6.07, 6.45) is 1.94. The molecule has 3 atom stereocenters. The number of guanidine groups is 1. The van der Waals surface area contributed by atoms with Gasteiger partial charge in [-0.1, -0.05) is 13.0 Å². The van der Waals surface area contributed by atoms with Crippen LogP contribution >= 0.6 is 15.9 Å². The largest absolute Gasteiger partial charge is 0.370 e. The average molecular weight is 328 g/mol. The third kappa shape index (κ3) is 3.69. The van der Waals surface area contributed by atoms with Gasteiger partial charge >= 0.3 is 0 Å². The monoisotopic (exact) mass is 327 g/mol. The highest BCUT2D eigenvalue weighted by molar-refractivity contribution is 9.10. The minimum absolute atomic E-state index is 0.178. The second-order valence-electron chi connectivity index (χ2n) is 5.05. The fourth-order valence-electron chi connectivity index (χ4n) is 2.00. The number of hydrogen-bond acceptors (Lipinski definition) is 1. The van der Waals surface area contributed by atoms with Crippen LogP contribution in [0.1, 0.15) is 38.2 Å². The average Bonchev–Trinajstić information content (AvgIpc) is 3.11. The third-order valence-corrected chi connectivity index (χ3v) is 4.08. The van der Waals surface area contributed by atoms with Gasteiger partial charge in [0.2, 0.25) is 0 Å². The van der Waals surface area contributed by atoms with E-state index in [1.807, 2.05) is 6.07 Å². The summed E-state index contributed by atoms with van der Waals surface area (Å²) >= 11 is 3.16.